The van der Waals surface area contributed by atoms with Crippen molar-refractivity contribution in [2.24, 2.45) is 0 Å². The highest BCUT2D eigenvalue weighted by molar-refractivity contribution is 7.89. The second-order valence-electron chi connectivity index (χ2n) is 3.76. The molecule has 0 aliphatic heterocycles. The summed E-state index contributed by atoms with van der Waals surface area (Å²) in [6.07, 6.45) is -5.63. The van der Waals surface area contributed by atoms with Gasteiger partial charge >= 0.3 is 6.18 Å². The molecule has 0 spiro atoms. The van der Waals surface area contributed by atoms with Gasteiger partial charge in [0.2, 0.25) is 5.09 Å². The van der Waals surface area contributed by atoms with Gasteiger partial charge in [0.15, 0.2) is 0 Å². The molecule has 0 aliphatic carbocycles. The number of sulfonamides is 1. The van der Waals surface area contributed by atoms with Crippen molar-refractivity contribution in [2.45, 2.75) is 31.2 Å². The molecule has 19 heavy (non-hydrogen) atoms. The first-order valence-electron chi connectivity index (χ1n) is 5.60. The number of rotatable bonds is 7. The lowest BCUT2D eigenvalue weighted by atomic mass is 10.4. The Kier molecular flexibility index (Phi) is 5.39. The van der Waals surface area contributed by atoms with E-state index in [1.165, 1.54) is 12.1 Å². The van der Waals surface area contributed by atoms with Crippen molar-refractivity contribution in [3.8, 4) is 0 Å². The summed E-state index contributed by atoms with van der Waals surface area (Å²) in [5.41, 5.74) is 0. The molecule has 1 rings (SSSR count). The van der Waals surface area contributed by atoms with E-state index >= 15 is 0 Å². The van der Waals surface area contributed by atoms with Crippen molar-refractivity contribution in [1.29, 1.82) is 0 Å². The molecular weight excluding hydrogens is 285 g/mol. The van der Waals surface area contributed by atoms with Crippen molar-refractivity contribution >= 4 is 10.0 Å². The number of hydrogen-bond donors (Lipinski definition) is 2. The number of halogens is 3. The maximum Gasteiger partial charge on any atom is 0.390 e. The maximum absolute atomic E-state index is 11.9. The van der Waals surface area contributed by atoms with Crippen molar-refractivity contribution in [3.05, 3.63) is 17.9 Å². The minimum absolute atomic E-state index is 0.356. The Labute approximate surface area is 109 Å². The van der Waals surface area contributed by atoms with E-state index in [1.54, 1.807) is 0 Å². The number of hydrogen-bond acceptors (Lipinski definition) is 4. The first-order chi connectivity index (χ1) is 8.74. The van der Waals surface area contributed by atoms with E-state index in [9.17, 15) is 21.6 Å². The lowest BCUT2D eigenvalue weighted by Gasteiger charge is -2.07. The minimum atomic E-state index is -4.40. The van der Waals surface area contributed by atoms with Crippen LogP contribution < -0.4 is 10.0 Å². The molecule has 110 valence electrons. The predicted octanol–water partition coefficient (Wildman–Crippen LogP) is 1.62. The summed E-state index contributed by atoms with van der Waals surface area (Å²) in [6, 6.07) is 2.67. The molecule has 0 amide bonds. The van der Waals surface area contributed by atoms with E-state index in [0.29, 0.717) is 18.8 Å². The van der Waals surface area contributed by atoms with Crippen molar-refractivity contribution in [1.82, 2.24) is 10.0 Å². The van der Waals surface area contributed by atoms with Crippen LogP contribution >= 0.6 is 0 Å². The topological polar surface area (TPSA) is 71.3 Å². The summed E-state index contributed by atoms with van der Waals surface area (Å²) >= 11 is 0. The van der Waals surface area contributed by atoms with Crippen LogP contribution in [0.5, 0.6) is 0 Å². The van der Waals surface area contributed by atoms with E-state index in [0.717, 1.165) is 0 Å². The summed E-state index contributed by atoms with van der Waals surface area (Å²) in [4.78, 5) is 0. The molecular formula is C10H15F3N2O3S. The quantitative estimate of drug-likeness (QED) is 0.802. The fraction of sp³-hybridized carbons (Fsp3) is 0.600. The zero-order valence-electron chi connectivity index (χ0n) is 10.3. The lowest BCUT2D eigenvalue weighted by Crippen LogP contribution is -2.27. The average molecular weight is 300 g/mol. The third-order valence-electron chi connectivity index (χ3n) is 2.15. The Morgan fingerprint density at radius 2 is 2.00 bits per heavy atom. The molecule has 0 saturated carbocycles. The van der Waals surface area contributed by atoms with Crippen molar-refractivity contribution in [3.63, 3.8) is 0 Å². The fourth-order valence-corrected chi connectivity index (χ4v) is 2.22. The van der Waals surface area contributed by atoms with Gasteiger partial charge in [0, 0.05) is 6.54 Å². The van der Waals surface area contributed by atoms with Crippen LogP contribution in [0.1, 0.15) is 19.1 Å². The molecule has 2 N–H and O–H groups in total. The van der Waals surface area contributed by atoms with Crippen LogP contribution in [-0.2, 0) is 16.6 Å². The summed E-state index contributed by atoms with van der Waals surface area (Å²) < 4.78 is 65.8. The van der Waals surface area contributed by atoms with Gasteiger partial charge in [-0.05, 0) is 18.7 Å². The van der Waals surface area contributed by atoms with Crippen LogP contribution in [0.4, 0.5) is 13.2 Å². The van der Waals surface area contributed by atoms with Crippen LogP contribution in [0.25, 0.3) is 0 Å². The Balaban J connectivity index is 2.59. The molecule has 5 nitrogen and oxygen atoms in total. The molecule has 1 aromatic heterocycles. The SMILES string of the molecule is CCNCc1ccc(S(=O)(=O)NCCC(F)(F)F)o1. The van der Waals surface area contributed by atoms with Crippen LogP contribution in [0.2, 0.25) is 0 Å². The Morgan fingerprint density at radius 3 is 2.58 bits per heavy atom. The van der Waals surface area contributed by atoms with Gasteiger partial charge in [-0.3, -0.25) is 0 Å². The molecule has 0 fully saturated rings. The monoisotopic (exact) mass is 300 g/mol. The van der Waals surface area contributed by atoms with Gasteiger partial charge in [0.1, 0.15) is 5.76 Å². The first kappa shape index (κ1) is 16.0. The Bertz CT molecular complexity index is 496. The van der Waals surface area contributed by atoms with Crippen molar-refractivity contribution in [2.75, 3.05) is 13.1 Å². The normalized spacial score (nSPS) is 12.8. The zero-order valence-corrected chi connectivity index (χ0v) is 11.1. The molecule has 1 heterocycles. The number of nitrogens with one attached hydrogen (secondary N) is 2. The van der Waals surface area contributed by atoms with Crippen LogP contribution in [0.15, 0.2) is 21.6 Å². The summed E-state index contributed by atoms with van der Waals surface area (Å²) in [5.74, 6) is 0.401. The highest BCUT2D eigenvalue weighted by atomic mass is 32.2. The van der Waals surface area contributed by atoms with Gasteiger partial charge in [0.05, 0.1) is 13.0 Å². The third-order valence-corrected chi connectivity index (χ3v) is 3.48. The van der Waals surface area contributed by atoms with Gasteiger partial charge in [-0.2, -0.15) is 13.2 Å². The van der Waals surface area contributed by atoms with Crippen molar-refractivity contribution < 1.29 is 26.0 Å². The molecule has 0 aliphatic rings. The maximum atomic E-state index is 11.9. The van der Waals surface area contributed by atoms with E-state index < -0.39 is 29.2 Å². The molecule has 0 radical (unpaired) electrons. The average Bonchev–Trinajstić information content (AvgIpc) is 2.73. The van der Waals surface area contributed by atoms with E-state index in [-0.39, 0.29) is 5.09 Å². The molecule has 0 atom stereocenters. The van der Waals surface area contributed by atoms with Crippen LogP contribution in [0, 0.1) is 0 Å². The molecule has 0 unspecified atom stereocenters. The second-order valence-corrected chi connectivity index (χ2v) is 5.46. The third kappa shape index (κ3) is 5.62. The number of furan rings is 1. The van der Waals surface area contributed by atoms with E-state index in [2.05, 4.69) is 5.32 Å². The second kappa shape index (κ2) is 6.40. The molecule has 0 bridgehead atoms. The van der Waals surface area contributed by atoms with Gasteiger partial charge in [-0.1, -0.05) is 6.92 Å². The van der Waals surface area contributed by atoms with Crippen LogP contribution in [-0.4, -0.2) is 27.7 Å². The molecule has 0 saturated heterocycles. The van der Waals surface area contributed by atoms with Gasteiger partial charge in [0.25, 0.3) is 10.0 Å². The smallest absolute Gasteiger partial charge is 0.390 e. The van der Waals surface area contributed by atoms with Gasteiger partial charge in [-0.15, -0.1) is 0 Å². The highest BCUT2D eigenvalue weighted by Crippen LogP contribution is 2.19. The van der Waals surface area contributed by atoms with E-state index in [4.69, 9.17) is 4.42 Å². The molecule has 9 heteroatoms. The largest absolute Gasteiger partial charge is 0.447 e. The highest BCUT2D eigenvalue weighted by Gasteiger charge is 2.28. The molecule has 1 aromatic rings. The Morgan fingerprint density at radius 1 is 1.32 bits per heavy atom. The lowest BCUT2D eigenvalue weighted by molar-refractivity contribution is -0.132. The molecule has 0 aromatic carbocycles. The van der Waals surface area contributed by atoms with Gasteiger partial charge < -0.3 is 9.73 Å². The Hall–Kier alpha value is -1.06. The van der Waals surface area contributed by atoms with Gasteiger partial charge in [-0.25, -0.2) is 13.1 Å². The van der Waals surface area contributed by atoms with E-state index in [1.807, 2.05) is 11.6 Å². The summed E-state index contributed by atoms with van der Waals surface area (Å²) in [7, 11) is -4.03. The predicted molar refractivity (Wildman–Crippen MR) is 61.9 cm³/mol. The summed E-state index contributed by atoms with van der Waals surface area (Å²) in [5, 5.41) is 2.55. The zero-order chi connectivity index (χ0) is 14.5. The summed E-state index contributed by atoms with van der Waals surface area (Å²) in [6.45, 7) is 2.20. The minimum Gasteiger partial charge on any atom is -0.447 e. The first-order valence-corrected chi connectivity index (χ1v) is 7.09. The van der Waals surface area contributed by atoms with Crippen LogP contribution in [0.3, 0.4) is 0 Å². The fourth-order valence-electron chi connectivity index (χ4n) is 1.24. The number of alkyl halides is 3. The standard InChI is InChI=1S/C10H15F3N2O3S/c1-2-14-7-8-3-4-9(18-8)19(16,17)15-6-5-10(11,12)13/h3-4,14-15H,2,5-7H2,1H3.